The quantitative estimate of drug-likeness (QED) is 0.617. The number of carbonyl (C=O) groups is 1. The first kappa shape index (κ1) is 17.1. The molecule has 3 aromatic rings. The summed E-state index contributed by atoms with van der Waals surface area (Å²) >= 11 is 0. The molecule has 27 heavy (non-hydrogen) atoms. The van der Waals surface area contributed by atoms with Gasteiger partial charge >= 0.3 is 0 Å². The second kappa shape index (κ2) is 7.92. The molecule has 4 rings (SSSR count). The predicted octanol–water partition coefficient (Wildman–Crippen LogP) is 5.09. The van der Waals surface area contributed by atoms with Crippen LogP contribution >= 0.6 is 0 Å². The van der Waals surface area contributed by atoms with Gasteiger partial charge in [0.15, 0.2) is 5.78 Å². The van der Waals surface area contributed by atoms with Crippen molar-refractivity contribution in [2.45, 2.75) is 18.8 Å². The van der Waals surface area contributed by atoms with Crippen molar-refractivity contribution in [3.05, 3.63) is 107 Å². The third kappa shape index (κ3) is 4.09. The number of hydrogen-bond donors (Lipinski definition) is 0. The molecule has 1 aromatic carbocycles. The van der Waals surface area contributed by atoms with Gasteiger partial charge in [0.1, 0.15) is 0 Å². The first-order valence-electron chi connectivity index (χ1n) is 9.12. The van der Waals surface area contributed by atoms with Crippen molar-refractivity contribution in [1.82, 2.24) is 9.97 Å². The van der Waals surface area contributed by atoms with E-state index in [1.807, 2.05) is 54.6 Å². The molecule has 0 bridgehead atoms. The van der Waals surface area contributed by atoms with Gasteiger partial charge in [-0.05, 0) is 60.7 Å². The first-order chi connectivity index (χ1) is 13.3. The zero-order chi connectivity index (χ0) is 18.5. The van der Waals surface area contributed by atoms with E-state index in [2.05, 4.69) is 34.2 Å². The normalized spacial score (nSPS) is 20.1. The van der Waals surface area contributed by atoms with Gasteiger partial charge in [0.2, 0.25) is 0 Å². The summed E-state index contributed by atoms with van der Waals surface area (Å²) in [6.07, 6.45) is 8.78. The molecule has 0 unspecified atom stereocenters. The lowest BCUT2D eigenvalue weighted by Gasteiger charge is -2.26. The lowest BCUT2D eigenvalue weighted by atomic mass is 9.77. The van der Waals surface area contributed by atoms with Crippen LogP contribution in [0.1, 0.15) is 35.7 Å². The zero-order valence-corrected chi connectivity index (χ0v) is 15.0. The number of benzene rings is 1. The van der Waals surface area contributed by atoms with Crippen LogP contribution in [0.15, 0.2) is 90.3 Å². The van der Waals surface area contributed by atoms with E-state index < -0.39 is 0 Å². The maximum Gasteiger partial charge on any atom is 0.185 e. The Balaban J connectivity index is 1.74. The number of Topliss-reactive ketones (excluding diaryl/α,β-unsaturated/α-hetero) is 1. The first-order valence-corrected chi connectivity index (χ1v) is 9.12. The summed E-state index contributed by atoms with van der Waals surface area (Å²) in [5, 5.41) is 0. The van der Waals surface area contributed by atoms with E-state index in [1.165, 1.54) is 5.56 Å². The van der Waals surface area contributed by atoms with Crippen LogP contribution in [0.5, 0.6) is 0 Å². The highest BCUT2D eigenvalue weighted by Gasteiger charge is 2.28. The van der Waals surface area contributed by atoms with Crippen LogP contribution in [-0.2, 0) is 4.79 Å². The molecule has 2 heterocycles. The minimum atomic E-state index is 0.0958. The van der Waals surface area contributed by atoms with Crippen LogP contribution in [0.4, 0.5) is 0 Å². The molecule has 1 aliphatic carbocycles. The van der Waals surface area contributed by atoms with Gasteiger partial charge in [-0.2, -0.15) is 0 Å². The predicted molar refractivity (Wildman–Crippen MR) is 108 cm³/mol. The van der Waals surface area contributed by atoms with Gasteiger partial charge in [-0.3, -0.25) is 14.8 Å². The van der Waals surface area contributed by atoms with Crippen LogP contribution in [0.2, 0.25) is 0 Å². The fraction of sp³-hybridized carbons (Fsp3) is 0.125. The van der Waals surface area contributed by atoms with Gasteiger partial charge < -0.3 is 0 Å². The number of hydrogen-bond acceptors (Lipinski definition) is 3. The van der Waals surface area contributed by atoms with Gasteiger partial charge in [-0.15, -0.1) is 0 Å². The molecule has 0 N–H and O–H groups in total. The SMILES string of the molecule is O=C1C(=Cc2ccccn2)CC(c2ccccc2)CC1=Cc1ccccn1. The van der Waals surface area contributed by atoms with E-state index >= 15 is 0 Å². The number of rotatable bonds is 3. The van der Waals surface area contributed by atoms with Crippen LogP contribution in [-0.4, -0.2) is 15.8 Å². The van der Waals surface area contributed by atoms with Crippen LogP contribution < -0.4 is 0 Å². The zero-order valence-electron chi connectivity index (χ0n) is 15.0. The third-order valence-electron chi connectivity index (χ3n) is 4.81. The van der Waals surface area contributed by atoms with E-state index in [-0.39, 0.29) is 11.7 Å². The molecule has 0 saturated heterocycles. The summed E-state index contributed by atoms with van der Waals surface area (Å²) in [4.78, 5) is 21.8. The van der Waals surface area contributed by atoms with Crippen molar-refractivity contribution in [2.75, 3.05) is 0 Å². The highest BCUT2D eigenvalue weighted by atomic mass is 16.1. The fourth-order valence-electron chi connectivity index (χ4n) is 3.48. The maximum absolute atomic E-state index is 13.1. The highest BCUT2D eigenvalue weighted by molar-refractivity contribution is 6.14. The summed E-state index contributed by atoms with van der Waals surface area (Å²) in [7, 11) is 0. The Hall–Kier alpha value is -3.33. The van der Waals surface area contributed by atoms with Crippen molar-refractivity contribution < 1.29 is 4.79 Å². The molecular formula is C24H20N2O. The Bertz CT molecular complexity index is 915. The van der Waals surface area contributed by atoms with Crippen molar-refractivity contribution in [2.24, 2.45) is 0 Å². The van der Waals surface area contributed by atoms with Crippen LogP contribution in [0.3, 0.4) is 0 Å². The Morgan fingerprint density at radius 2 is 1.22 bits per heavy atom. The van der Waals surface area contributed by atoms with Gasteiger partial charge in [0.05, 0.1) is 11.4 Å². The van der Waals surface area contributed by atoms with Gasteiger partial charge in [-0.1, -0.05) is 42.5 Å². The fourth-order valence-corrected chi connectivity index (χ4v) is 3.48. The summed E-state index contributed by atoms with van der Waals surface area (Å²) in [6.45, 7) is 0. The lowest BCUT2D eigenvalue weighted by molar-refractivity contribution is -0.113. The summed E-state index contributed by atoms with van der Waals surface area (Å²) in [6, 6.07) is 21.9. The molecule has 132 valence electrons. The van der Waals surface area contributed by atoms with Crippen molar-refractivity contribution in [3.8, 4) is 0 Å². The molecule has 0 amide bonds. The minimum absolute atomic E-state index is 0.0958. The molecule has 0 spiro atoms. The number of nitrogens with zero attached hydrogens (tertiary/aromatic N) is 2. The maximum atomic E-state index is 13.1. The van der Waals surface area contributed by atoms with Gasteiger partial charge in [-0.25, -0.2) is 0 Å². The molecule has 1 fully saturated rings. The molecule has 3 heteroatoms. The average molecular weight is 352 g/mol. The molecule has 2 aromatic heterocycles. The minimum Gasteiger partial charge on any atom is -0.289 e. The second-order valence-corrected chi connectivity index (χ2v) is 6.69. The largest absolute Gasteiger partial charge is 0.289 e. The van der Waals surface area contributed by atoms with E-state index in [9.17, 15) is 4.79 Å². The van der Waals surface area contributed by atoms with Crippen molar-refractivity contribution >= 4 is 17.9 Å². The number of ketones is 1. The van der Waals surface area contributed by atoms with Gasteiger partial charge in [0, 0.05) is 23.5 Å². The summed E-state index contributed by atoms with van der Waals surface area (Å²) < 4.78 is 0. The number of allylic oxidation sites excluding steroid dienone is 2. The van der Waals surface area contributed by atoms with Crippen molar-refractivity contribution in [3.63, 3.8) is 0 Å². The molecule has 1 aliphatic rings. The van der Waals surface area contributed by atoms with Crippen LogP contribution in [0, 0.1) is 0 Å². The van der Waals surface area contributed by atoms with Crippen molar-refractivity contribution in [1.29, 1.82) is 0 Å². The monoisotopic (exact) mass is 352 g/mol. The van der Waals surface area contributed by atoms with Crippen LogP contribution in [0.25, 0.3) is 12.2 Å². The van der Waals surface area contributed by atoms with E-state index in [4.69, 9.17) is 0 Å². The molecule has 0 atom stereocenters. The van der Waals surface area contributed by atoms with E-state index in [0.717, 1.165) is 35.4 Å². The molecule has 0 radical (unpaired) electrons. The Labute approximate surface area is 159 Å². The number of carbonyl (C=O) groups excluding carboxylic acids is 1. The second-order valence-electron chi connectivity index (χ2n) is 6.69. The summed E-state index contributed by atoms with van der Waals surface area (Å²) in [5.41, 5.74) is 4.48. The molecular weight excluding hydrogens is 332 g/mol. The van der Waals surface area contributed by atoms with Gasteiger partial charge in [0.25, 0.3) is 0 Å². The average Bonchev–Trinajstić information content (AvgIpc) is 2.73. The summed E-state index contributed by atoms with van der Waals surface area (Å²) in [5.74, 6) is 0.368. The number of aromatic nitrogens is 2. The third-order valence-corrected chi connectivity index (χ3v) is 4.81. The standard InChI is InChI=1S/C24H20N2O/c27-24-20(16-22-10-4-6-12-25-22)14-19(18-8-2-1-3-9-18)15-21(24)17-23-11-5-7-13-26-23/h1-13,16-17,19H,14-15H2. The smallest absolute Gasteiger partial charge is 0.185 e. The molecule has 1 saturated carbocycles. The molecule has 0 aliphatic heterocycles. The Morgan fingerprint density at radius 3 is 1.70 bits per heavy atom. The van der Waals surface area contributed by atoms with E-state index in [0.29, 0.717) is 0 Å². The Morgan fingerprint density at radius 1 is 0.704 bits per heavy atom. The molecule has 3 nitrogen and oxygen atoms in total. The number of pyridine rings is 2. The lowest BCUT2D eigenvalue weighted by Crippen LogP contribution is -2.19. The topological polar surface area (TPSA) is 42.9 Å². The Kier molecular flexibility index (Phi) is 5.01. The van der Waals surface area contributed by atoms with E-state index in [1.54, 1.807) is 12.4 Å². The highest BCUT2D eigenvalue weighted by Crippen LogP contribution is 2.38.